The van der Waals surface area contributed by atoms with E-state index in [1.54, 1.807) is 7.11 Å². The van der Waals surface area contributed by atoms with Crippen molar-refractivity contribution >= 4 is 17.5 Å². The second-order valence-corrected chi connectivity index (χ2v) is 12.2. The zero-order valence-electron chi connectivity index (χ0n) is 24.4. The summed E-state index contributed by atoms with van der Waals surface area (Å²) in [5.41, 5.74) is 0.769. The molecule has 3 saturated heterocycles. The zero-order chi connectivity index (χ0) is 28.3. The monoisotopic (exact) mass is 568 g/mol. The molecule has 5 rings (SSSR count). The highest BCUT2D eigenvalue weighted by Crippen LogP contribution is 2.42. The topological polar surface area (TPSA) is 66.1 Å². The van der Waals surface area contributed by atoms with Gasteiger partial charge in [0.15, 0.2) is 5.66 Å². The average molecular weight is 569 g/mol. The van der Waals surface area contributed by atoms with Crippen LogP contribution in [-0.2, 0) is 10.5 Å². The first-order valence-electron chi connectivity index (χ1n) is 15.0. The lowest BCUT2D eigenvalue weighted by molar-refractivity contribution is -0.141. The van der Waals surface area contributed by atoms with Gasteiger partial charge in [0.25, 0.3) is 5.91 Å². The Bertz CT molecular complexity index is 1150. The minimum Gasteiger partial charge on any atom is -0.497 e. The Labute approximate surface area is 244 Å². The molecule has 3 atom stereocenters. The van der Waals surface area contributed by atoms with Crippen LogP contribution >= 0.6 is 11.6 Å². The minimum atomic E-state index is -1.14. The number of piperidine rings is 1. The molecular formula is C32H45ClN4O3. The molecule has 2 N–H and O–H groups in total. The van der Waals surface area contributed by atoms with Crippen molar-refractivity contribution in [2.45, 2.75) is 89.2 Å². The molecule has 0 bridgehead atoms. The van der Waals surface area contributed by atoms with Crippen molar-refractivity contribution in [2.24, 2.45) is 0 Å². The lowest BCUT2D eigenvalue weighted by atomic mass is 9.94. The second-order valence-electron chi connectivity index (χ2n) is 11.8. The van der Waals surface area contributed by atoms with Crippen LogP contribution in [0.5, 0.6) is 11.5 Å². The summed E-state index contributed by atoms with van der Waals surface area (Å²) in [7, 11) is 1.65. The molecule has 1 amide bonds. The van der Waals surface area contributed by atoms with Crippen LogP contribution < -0.4 is 20.1 Å². The first-order chi connectivity index (χ1) is 19.3. The predicted molar refractivity (Wildman–Crippen MR) is 160 cm³/mol. The number of nitrogens with one attached hydrogen (secondary N) is 2. The number of hydrogen-bond donors (Lipinski definition) is 2. The van der Waals surface area contributed by atoms with Gasteiger partial charge in [-0.3, -0.25) is 15.4 Å². The number of rotatable bonds is 9. The van der Waals surface area contributed by atoms with Crippen LogP contribution in [0.25, 0.3) is 0 Å². The fraction of sp³-hybridized carbons (Fsp3) is 0.594. The molecule has 3 unspecified atom stereocenters. The van der Waals surface area contributed by atoms with E-state index in [1.807, 2.05) is 44.2 Å². The third kappa shape index (κ3) is 5.98. The summed E-state index contributed by atoms with van der Waals surface area (Å²) in [4.78, 5) is 19.5. The maximum Gasteiger partial charge on any atom is 0.262 e. The highest BCUT2D eigenvalue weighted by atomic mass is 35.5. The zero-order valence-corrected chi connectivity index (χ0v) is 25.2. The molecule has 2 aromatic rings. The van der Waals surface area contributed by atoms with Crippen LogP contribution in [0.1, 0.15) is 76.5 Å². The van der Waals surface area contributed by atoms with E-state index < -0.39 is 5.66 Å². The number of carbonyl (C=O) groups is 1. The molecule has 8 heteroatoms. The molecule has 3 fully saturated rings. The van der Waals surface area contributed by atoms with Crippen LogP contribution in [0.3, 0.4) is 0 Å². The third-order valence-corrected chi connectivity index (χ3v) is 8.94. The average Bonchev–Trinajstić information content (AvgIpc) is 3.63. The number of halogens is 1. The van der Waals surface area contributed by atoms with Gasteiger partial charge in [-0.1, -0.05) is 37.1 Å². The molecule has 7 nitrogen and oxygen atoms in total. The Morgan fingerprint density at radius 3 is 2.38 bits per heavy atom. The summed E-state index contributed by atoms with van der Waals surface area (Å²) in [5, 5.41) is 8.36. The fourth-order valence-corrected chi connectivity index (χ4v) is 6.86. The van der Waals surface area contributed by atoms with Gasteiger partial charge in [0, 0.05) is 47.9 Å². The van der Waals surface area contributed by atoms with E-state index in [0.29, 0.717) is 22.6 Å². The van der Waals surface area contributed by atoms with E-state index in [1.165, 1.54) is 25.9 Å². The number of benzene rings is 2. The summed E-state index contributed by atoms with van der Waals surface area (Å²) >= 11 is 6.25. The number of methoxy groups -OCH3 is 1. The van der Waals surface area contributed by atoms with Crippen molar-refractivity contribution in [3.63, 3.8) is 0 Å². The molecule has 0 aliphatic carbocycles. The van der Waals surface area contributed by atoms with E-state index >= 15 is 0 Å². The quantitative estimate of drug-likeness (QED) is 0.418. The van der Waals surface area contributed by atoms with E-state index in [0.717, 1.165) is 49.9 Å². The molecule has 3 heterocycles. The SMILES string of the molecule is CCCC1NC(C(=O)N2CCC(N3CCCC3)CC2)(c2ccc(OC)cc2OC(C)C)NC1c1ccc(Cl)cc1. The van der Waals surface area contributed by atoms with Gasteiger partial charge in [0.05, 0.1) is 13.2 Å². The molecule has 0 aromatic heterocycles. The number of amides is 1. The lowest BCUT2D eigenvalue weighted by Crippen LogP contribution is -2.61. The number of carbonyl (C=O) groups excluding carboxylic acids is 1. The van der Waals surface area contributed by atoms with Crippen molar-refractivity contribution < 1.29 is 14.3 Å². The van der Waals surface area contributed by atoms with Gasteiger partial charge >= 0.3 is 0 Å². The Kier molecular flexibility index (Phi) is 9.25. The highest BCUT2D eigenvalue weighted by molar-refractivity contribution is 6.30. The van der Waals surface area contributed by atoms with E-state index in [-0.39, 0.29) is 24.1 Å². The molecule has 3 aliphatic rings. The van der Waals surface area contributed by atoms with Crippen LogP contribution in [0, 0.1) is 0 Å². The third-order valence-electron chi connectivity index (χ3n) is 8.69. The largest absolute Gasteiger partial charge is 0.497 e. The predicted octanol–water partition coefficient (Wildman–Crippen LogP) is 5.48. The van der Waals surface area contributed by atoms with E-state index in [4.69, 9.17) is 21.1 Å². The number of likely N-dealkylation sites (tertiary alicyclic amines) is 2. The van der Waals surface area contributed by atoms with Crippen LogP contribution in [0.2, 0.25) is 5.02 Å². The molecule has 0 radical (unpaired) electrons. The highest BCUT2D eigenvalue weighted by Gasteiger charge is 2.54. The Morgan fingerprint density at radius 1 is 1.05 bits per heavy atom. The number of ether oxygens (including phenoxy) is 2. The van der Waals surface area contributed by atoms with Crippen molar-refractivity contribution in [3.05, 3.63) is 58.6 Å². The van der Waals surface area contributed by atoms with E-state index in [9.17, 15) is 4.79 Å². The summed E-state index contributed by atoms with van der Waals surface area (Å²) < 4.78 is 11.9. The lowest BCUT2D eigenvalue weighted by Gasteiger charge is -2.41. The van der Waals surface area contributed by atoms with Crippen molar-refractivity contribution in [3.8, 4) is 11.5 Å². The van der Waals surface area contributed by atoms with Gasteiger partial charge in [-0.05, 0) is 88.9 Å². The smallest absolute Gasteiger partial charge is 0.262 e. The minimum absolute atomic E-state index is 0.0475. The normalized spacial score (nSPS) is 26.0. The van der Waals surface area contributed by atoms with Crippen LogP contribution in [-0.4, -0.2) is 67.2 Å². The number of hydrogen-bond acceptors (Lipinski definition) is 6. The Hall–Kier alpha value is -2.32. The maximum absolute atomic E-state index is 14.8. The molecule has 218 valence electrons. The van der Waals surface area contributed by atoms with Gasteiger partial charge < -0.3 is 19.3 Å². The van der Waals surface area contributed by atoms with Gasteiger partial charge in [-0.2, -0.15) is 0 Å². The first-order valence-corrected chi connectivity index (χ1v) is 15.4. The molecule has 0 saturated carbocycles. The molecule has 2 aromatic carbocycles. The van der Waals surface area contributed by atoms with Gasteiger partial charge in [-0.15, -0.1) is 0 Å². The summed E-state index contributed by atoms with van der Waals surface area (Å²) in [5.74, 6) is 1.41. The summed E-state index contributed by atoms with van der Waals surface area (Å²) in [6.45, 7) is 10.1. The van der Waals surface area contributed by atoms with Crippen LogP contribution in [0.15, 0.2) is 42.5 Å². The molecule has 0 spiro atoms. The van der Waals surface area contributed by atoms with Gasteiger partial charge in [0.1, 0.15) is 11.5 Å². The van der Waals surface area contributed by atoms with Crippen molar-refractivity contribution in [1.82, 2.24) is 20.4 Å². The summed E-state index contributed by atoms with van der Waals surface area (Å²) in [6, 6.07) is 14.3. The van der Waals surface area contributed by atoms with Crippen LogP contribution in [0.4, 0.5) is 0 Å². The number of nitrogens with zero attached hydrogens (tertiary/aromatic N) is 2. The van der Waals surface area contributed by atoms with Crippen molar-refractivity contribution in [1.29, 1.82) is 0 Å². The fourth-order valence-electron chi connectivity index (χ4n) is 6.74. The van der Waals surface area contributed by atoms with Gasteiger partial charge in [-0.25, -0.2) is 0 Å². The molecule has 40 heavy (non-hydrogen) atoms. The van der Waals surface area contributed by atoms with Crippen molar-refractivity contribution in [2.75, 3.05) is 33.3 Å². The first kappa shape index (κ1) is 29.2. The molecule has 3 aliphatic heterocycles. The Morgan fingerprint density at radius 2 is 1.75 bits per heavy atom. The standard InChI is InChI=1S/C32H45ClN4O3/c1-5-8-28-30(23-9-11-24(33)12-10-23)35-32(34-28,27-14-13-26(39-4)21-29(27)40-22(2)3)31(38)37-19-15-25(16-20-37)36-17-6-7-18-36/h9-14,21-22,25,28,30,34-35H,5-8,15-20H2,1-4H3. The Balaban J connectivity index is 1.53. The molecular weight excluding hydrogens is 524 g/mol. The van der Waals surface area contributed by atoms with Gasteiger partial charge in [0.2, 0.25) is 0 Å². The maximum atomic E-state index is 14.8. The van der Waals surface area contributed by atoms with E-state index in [2.05, 4.69) is 39.5 Å². The summed E-state index contributed by atoms with van der Waals surface area (Å²) in [6.07, 6.45) is 6.45. The second kappa shape index (κ2) is 12.7.